The van der Waals surface area contributed by atoms with Crippen molar-refractivity contribution < 1.29 is 9.53 Å². The van der Waals surface area contributed by atoms with Crippen LogP contribution in [0, 0.1) is 0 Å². The van der Waals surface area contributed by atoms with Crippen molar-refractivity contribution in [1.82, 2.24) is 10.6 Å². The Morgan fingerprint density at radius 3 is 1.71 bits per heavy atom. The van der Waals surface area contributed by atoms with Crippen molar-refractivity contribution >= 4 is 5.97 Å². The van der Waals surface area contributed by atoms with Crippen molar-refractivity contribution in [3.05, 3.63) is 132 Å². The third-order valence-electron chi connectivity index (χ3n) is 5.47. The number of esters is 1. The number of allylic oxidation sites excluding steroid dienone is 2. The molecule has 1 aliphatic heterocycles. The minimum Gasteiger partial charge on any atom is -0.463 e. The molecule has 1 heterocycles. The quantitative estimate of drug-likeness (QED) is 0.445. The van der Waals surface area contributed by atoms with Crippen molar-refractivity contribution in [2.75, 3.05) is 6.61 Å². The fraction of sp³-hybridized carbons (Fsp3) is 0.148. The van der Waals surface area contributed by atoms with Gasteiger partial charge in [-0.1, -0.05) is 97.1 Å². The second kappa shape index (κ2) is 9.02. The molecule has 2 N–H and O–H groups in total. The molecule has 4 nitrogen and oxygen atoms in total. The molecule has 0 fully saturated rings. The fourth-order valence-electron chi connectivity index (χ4n) is 4.06. The van der Waals surface area contributed by atoms with Crippen LogP contribution in [-0.4, -0.2) is 18.2 Å². The lowest BCUT2D eigenvalue weighted by Gasteiger charge is -2.44. The summed E-state index contributed by atoms with van der Waals surface area (Å²) in [6.07, 6.45) is 7.28. The van der Waals surface area contributed by atoms with E-state index in [0.717, 1.165) is 16.7 Å². The van der Waals surface area contributed by atoms with E-state index in [2.05, 4.69) is 47.0 Å². The molecule has 0 aliphatic carbocycles. The number of dihydropyridines is 1. The molecule has 0 amide bonds. The SMILES string of the molecule is CCOC(=O)C1(NC(c2ccccc2)(c2ccccc2)c2ccccc2)C=CC=CN1. The van der Waals surface area contributed by atoms with Gasteiger partial charge in [-0.3, -0.25) is 5.32 Å². The van der Waals surface area contributed by atoms with Crippen LogP contribution in [0.1, 0.15) is 23.6 Å². The summed E-state index contributed by atoms with van der Waals surface area (Å²) in [6.45, 7) is 2.10. The lowest BCUT2D eigenvalue weighted by atomic mass is 9.75. The Morgan fingerprint density at radius 2 is 1.32 bits per heavy atom. The van der Waals surface area contributed by atoms with Crippen molar-refractivity contribution in [2.45, 2.75) is 18.1 Å². The van der Waals surface area contributed by atoms with Crippen LogP contribution in [0.3, 0.4) is 0 Å². The molecule has 0 aromatic heterocycles. The van der Waals surface area contributed by atoms with Gasteiger partial charge in [-0.05, 0) is 42.0 Å². The van der Waals surface area contributed by atoms with Gasteiger partial charge in [0.15, 0.2) is 0 Å². The smallest absolute Gasteiger partial charge is 0.351 e. The molecule has 3 aromatic rings. The molecular weight excluding hydrogens is 384 g/mol. The third-order valence-corrected chi connectivity index (χ3v) is 5.47. The Kier molecular flexibility index (Phi) is 6.01. The summed E-state index contributed by atoms with van der Waals surface area (Å²) in [6, 6.07) is 30.5. The Balaban J connectivity index is 1.99. The zero-order valence-electron chi connectivity index (χ0n) is 17.5. The number of hydrogen-bond donors (Lipinski definition) is 2. The van der Waals surface area contributed by atoms with E-state index < -0.39 is 11.2 Å². The molecule has 1 atom stereocenters. The van der Waals surface area contributed by atoms with Crippen LogP contribution in [0.15, 0.2) is 115 Å². The topological polar surface area (TPSA) is 50.4 Å². The van der Waals surface area contributed by atoms with Gasteiger partial charge in [0.25, 0.3) is 0 Å². The van der Waals surface area contributed by atoms with Crippen LogP contribution in [0.4, 0.5) is 0 Å². The minimum absolute atomic E-state index is 0.288. The van der Waals surface area contributed by atoms with Crippen molar-refractivity contribution in [1.29, 1.82) is 0 Å². The summed E-state index contributed by atoms with van der Waals surface area (Å²) in [5.41, 5.74) is 0.980. The van der Waals surface area contributed by atoms with E-state index in [1.54, 1.807) is 6.20 Å². The first-order valence-electron chi connectivity index (χ1n) is 10.5. The van der Waals surface area contributed by atoms with E-state index in [1.165, 1.54) is 0 Å². The van der Waals surface area contributed by atoms with Crippen LogP contribution < -0.4 is 10.6 Å². The minimum atomic E-state index is -1.24. The van der Waals surface area contributed by atoms with Gasteiger partial charge in [-0.25, -0.2) is 4.79 Å². The number of ether oxygens (including phenoxy) is 1. The Morgan fingerprint density at radius 1 is 0.839 bits per heavy atom. The average Bonchev–Trinajstić information content (AvgIpc) is 2.85. The van der Waals surface area contributed by atoms with E-state index in [-0.39, 0.29) is 12.6 Å². The predicted octanol–water partition coefficient (Wildman–Crippen LogP) is 4.50. The van der Waals surface area contributed by atoms with Gasteiger partial charge in [0.1, 0.15) is 0 Å². The predicted molar refractivity (Wildman–Crippen MR) is 123 cm³/mol. The molecule has 0 radical (unpaired) electrons. The Hall–Kier alpha value is -3.63. The van der Waals surface area contributed by atoms with Crippen molar-refractivity contribution in [3.8, 4) is 0 Å². The lowest BCUT2D eigenvalue weighted by Crippen LogP contribution is -2.67. The first kappa shape index (κ1) is 20.6. The monoisotopic (exact) mass is 410 g/mol. The van der Waals surface area contributed by atoms with Gasteiger partial charge in [0, 0.05) is 0 Å². The Bertz CT molecular complexity index is 966. The lowest BCUT2D eigenvalue weighted by molar-refractivity contribution is -0.150. The highest BCUT2D eigenvalue weighted by atomic mass is 16.5. The summed E-state index contributed by atoms with van der Waals surface area (Å²) < 4.78 is 5.49. The molecule has 0 bridgehead atoms. The van der Waals surface area contributed by atoms with Gasteiger partial charge in [-0.15, -0.1) is 0 Å². The molecule has 3 aromatic carbocycles. The average molecular weight is 411 g/mol. The highest BCUT2D eigenvalue weighted by Crippen LogP contribution is 2.38. The zero-order chi connectivity index (χ0) is 21.6. The van der Waals surface area contributed by atoms with Crippen LogP contribution in [0.2, 0.25) is 0 Å². The summed E-state index contributed by atoms with van der Waals surface area (Å²) in [7, 11) is 0. The molecule has 31 heavy (non-hydrogen) atoms. The second-order valence-electron chi connectivity index (χ2n) is 7.36. The number of nitrogens with one attached hydrogen (secondary N) is 2. The van der Waals surface area contributed by atoms with E-state index in [4.69, 9.17) is 4.74 Å². The summed E-state index contributed by atoms with van der Waals surface area (Å²) in [5, 5.41) is 6.92. The largest absolute Gasteiger partial charge is 0.463 e. The number of rotatable bonds is 7. The van der Waals surface area contributed by atoms with Crippen molar-refractivity contribution in [2.24, 2.45) is 0 Å². The molecule has 1 aliphatic rings. The highest BCUT2D eigenvalue weighted by molar-refractivity contribution is 5.84. The normalized spacial score (nSPS) is 17.7. The van der Waals surface area contributed by atoms with Gasteiger partial charge in [-0.2, -0.15) is 0 Å². The Labute approximate surface area is 183 Å². The molecule has 4 heteroatoms. The van der Waals surface area contributed by atoms with E-state index >= 15 is 0 Å². The van der Waals surface area contributed by atoms with Gasteiger partial charge < -0.3 is 10.1 Å². The van der Waals surface area contributed by atoms with Crippen LogP contribution in [0.25, 0.3) is 0 Å². The van der Waals surface area contributed by atoms with Gasteiger partial charge in [0.05, 0.1) is 12.1 Å². The third kappa shape index (κ3) is 3.90. The summed E-state index contributed by atoms with van der Waals surface area (Å²) in [4.78, 5) is 13.3. The first-order chi connectivity index (χ1) is 15.2. The zero-order valence-corrected chi connectivity index (χ0v) is 17.5. The maximum Gasteiger partial charge on any atom is 0.351 e. The van der Waals surface area contributed by atoms with Gasteiger partial charge >= 0.3 is 5.97 Å². The molecular formula is C27H26N2O2. The fourth-order valence-corrected chi connectivity index (χ4v) is 4.06. The summed E-state index contributed by atoms with van der Waals surface area (Å²) in [5.74, 6) is -0.386. The summed E-state index contributed by atoms with van der Waals surface area (Å²) >= 11 is 0. The standard InChI is InChI=1S/C27H26N2O2/c1-2-31-25(30)26(20-12-13-21-28-26)29-27(22-14-6-3-7-15-22,23-16-8-4-9-17-23)24-18-10-5-11-19-24/h3-21,28-29H,2H2,1H3. The molecule has 1 unspecified atom stereocenters. The number of carbonyl (C=O) groups excluding carboxylic acids is 1. The van der Waals surface area contributed by atoms with Crippen LogP contribution >= 0.6 is 0 Å². The van der Waals surface area contributed by atoms with Crippen LogP contribution in [0.5, 0.6) is 0 Å². The molecule has 0 spiro atoms. The first-order valence-corrected chi connectivity index (χ1v) is 10.5. The van der Waals surface area contributed by atoms with E-state index in [1.807, 2.05) is 79.7 Å². The molecule has 156 valence electrons. The van der Waals surface area contributed by atoms with Crippen LogP contribution in [-0.2, 0) is 15.1 Å². The highest BCUT2D eigenvalue weighted by Gasteiger charge is 2.47. The second-order valence-corrected chi connectivity index (χ2v) is 7.36. The van der Waals surface area contributed by atoms with Crippen molar-refractivity contribution in [3.63, 3.8) is 0 Å². The molecule has 0 saturated heterocycles. The molecule has 0 saturated carbocycles. The van der Waals surface area contributed by atoms with E-state index in [9.17, 15) is 4.79 Å². The maximum atomic E-state index is 13.3. The number of hydrogen-bond acceptors (Lipinski definition) is 4. The maximum absolute atomic E-state index is 13.3. The molecule has 4 rings (SSSR count). The van der Waals surface area contributed by atoms with Gasteiger partial charge in [0.2, 0.25) is 5.66 Å². The van der Waals surface area contributed by atoms with E-state index in [0.29, 0.717) is 0 Å². The number of carbonyl (C=O) groups is 1. The number of benzene rings is 3.